The van der Waals surface area contributed by atoms with Crippen molar-refractivity contribution in [3.05, 3.63) is 54.8 Å². The number of hydrogen-bond donors (Lipinski definition) is 2. The van der Waals surface area contributed by atoms with Crippen LogP contribution in [0.2, 0.25) is 0 Å². The van der Waals surface area contributed by atoms with Crippen molar-refractivity contribution in [1.29, 1.82) is 0 Å². The van der Waals surface area contributed by atoms with Crippen molar-refractivity contribution in [1.82, 2.24) is 24.4 Å². The van der Waals surface area contributed by atoms with Crippen LogP contribution < -0.4 is 15.5 Å². The second-order valence-electron chi connectivity index (χ2n) is 10.3. The van der Waals surface area contributed by atoms with Crippen molar-refractivity contribution in [2.75, 3.05) is 55.3 Å². The van der Waals surface area contributed by atoms with E-state index < -0.39 is 0 Å². The molecule has 3 aromatic rings. The number of nitrogens with one attached hydrogen (secondary N) is 2. The van der Waals surface area contributed by atoms with Crippen LogP contribution in [0, 0.1) is 5.92 Å². The molecular formula is C28H36N8. The van der Waals surface area contributed by atoms with Crippen LogP contribution in [0.3, 0.4) is 0 Å². The maximum Gasteiger partial charge on any atom is 0.229 e. The molecular weight excluding hydrogens is 448 g/mol. The maximum atomic E-state index is 4.95. The predicted molar refractivity (Wildman–Crippen MR) is 147 cm³/mol. The molecule has 1 aliphatic heterocycles. The second kappa shape index (κ2) is 10.3. The van der Waals surface area contributed by atoms with Gasteiger partial charge in [-0.25, -0.2) is 9.97 Å². The Morgan fingerprint density at radius 1 is 0.972 bits per heavy atom. The minimum atomic E-state index is 0.435. The molecule has 0 amide bonds. The largest absolute Gasteiger partial charge is 0.369 e. The Bertz CT molecular complexity index is 1230. The van der Waals surface area contributed by atoms with Gasteiger partial charge in [-0.1, -0.05) is 37.1 Å². The van der Waals surface area contributed by atoms with Crippen LogP contribution >= 0.6 is 0 Å². The summed E-state index contributed by atoms with van der Waals surface area (Å²) in [5.74, 6) is 2.02. The van der Waals surface area contributed by atoms with E-state index in [4.69, 9.17) is 9.97 Å². The van der Waals surface area contributed by atoms with Gasteiger partial charge < -0.3 is 20.4 Å². The Morgan fingerprint density at radius 2 is 1.78 bits per heavy atom. The summed E-state index contributed by atoms with van der Waals surface area (Å²) >= 11 is 0. The van der Waals surface area contributed by atoms with Gasteiger partial charge in [-0.15, -0.1) is 0 Å². The smallest absolute Gasteiger partial charge is 0.229 e. The molecule has 6 rings (SSSR count). The van der Waals surface area contributed by atoms with Gasteiger partial charge in [0.05, 0.1) is 6.20 Å². The molecule has 2 aliphatic carbocycles. The molecule has 1 saturated heterocycles. The third-order valence-electron chi connectivity index (χ3n) is 7.71. The summed E-state index contributed by atoms with van der Waals surface area (Å²) in [6, 6.07) is 9.05. The van der Waals surface area contributed by atoms with Gasteiger partial charge in [-0.05, 0) is 56.5 Å². The molecule has 188 valence electrons. The predicted octanol–water partition coefficient (Wildman–Crippen LogP) is 4.98. The lowest BCUT2D eigenvalue weighted by Gasteiger charge is -2.34. The van der Waals surface area contributed by atoms with E-state index in [2.05, 4.69) is 85.6 Å². The van der Waals surface area contributed by atoms with Gasteiger partial charge in [0.1, 0.15) is 5.52 Å². The molecule has 36 heavy (non-hydrogen) atoms. The van der Waals surface area contributed by atoms with Crippen molar-refractivity contribution in [2.45, 2.75) is 38.1 Å². The van der Waals surface area contributed by atoms with E-state index in [1.807, 2.05) is 6.20 Å². The highest BCUT2D eigenvalue weighted by atomic mass is 15.3. The fourth-order valence-electron chi connectivity index (χ4n) is 5.54. The van der Waals surface area contributed by atoms with Gasteiger partial charge in [-0.2, -0.15) is 4.98 Å². The molecule has 1 unspecified atom stereocenters. The summed E-state index contributed by atoms with van der Waals surface area (Å²) in [6.45, 7) is 5.22. The third kappa shape index (κ3) is 4.95. The van der Waals surface area contributed by atoms with E-state index >= 15 is 0 Å². The Kier molecular flexibility index (Phi) is 6.59. The first kappa shape index (κ1) is 23.0. The van der Waals surface area contributed by atoms with E-state index in [-0.39, 0.29) is 0 Å². The summed E-state index contributed by atoms with van der Waals surface area (Å²) in [5, 5.41) is 7.05. The summed E-state index contributed by atoms with van der Waals surface area (Å²) in [7, 11) is 2.19. The van der Waals surface area contributed by atoms with E-state index in [1.165, 1.54) is 31.4 Å². The topological polar surface area (TPSA) is 74.1 Å². The van der Waals surface area contributed by atoms with Gasteiger partial charge in [-0.3, -0.25) is 4.57 Å². The number of anilines is 4. The zero-order valence-corrected chi connectivity index (χ0v) is 21.1. The lowest BCUT2D eigenvalue weighted by Crippen LogP contribution is -2.44. The quantitative estimate of drug-likeness (QED) is 0.490. The molecule has 2 fully saturated rings. The number of likely N-dealkylation sites (N-methyl/N-ethyl adjacent to an activating group) is 1. The number of piperazine rings is 1. The fourth-order valence-corrected chi connectivity index (χ4v) is 5.54. The number of imidazole rings is 1. The average Bonchev–Trinajstić information content (AvgIpc) is 3.56. The molecule has 2 N–H and O–H groups in total. The molecule has 2 aromatic heterocycles. The molecule has 3 heterocycles. The Labute approximate surface area is 213 Å². The number of nitrogens with zero attached hydrogens (tertiary/aromatic N) is 6. The van der Waals surface area contributed by atoms with E-state index in [1.54, 1.807) is 0 Å². The lowest BCUT2D eigenvalue weighted by atomic mass is 10.0. The Hall–Kier alpha value is -3.39. The maximum absolute atomic E-state index is 4.95. The lowest BCUT2D eigenvalue weighted by molar-refractivity contribution is 0.313. The molecule has 1 atom stereocenters. The van der Waals surface area contributed by atoms with Crippen LogP contribution in [0.4, 0.5) is 23.3 Å². The summed E-state index contributed by atoms with van der Waals surface area (Å²) < 4.78 is 2.33. The first-order valence-electron chi connectivity index (χ1n) is 13.4. The summed E-state index contributed by atoms with van der Waals surface area (Å²) in [4.78, 5) is 19.3. The minimum absolute atomic E-state index is 0.435. The SMILES string of the molecule is CN1CCN(c2ccc(Nc3ncc4nc(NCC5C=CC=CC5)n(C5CCCC5)c4n3)cc2)CC1. The Morgan fingerprint density at radius 3 is 2.53 bits per heavy atom. The van der Waals surface area contributed by atoms with E-state index in [0.29, 0.717) is 17.9 Å². The van der Waals surface area contributed by atoms with Crippen LogP contribution in [0.5, 0.6) is 0 Å². The van der Waals surface area contributed by atoms with Crippen LogP contribution in [-0.4, -0.2) is 64.2 Å². The number of allylic oxidation sites excluding steroid dienone is 3. The van der Waals surface area contributed by atoms with Crippen LogP contribution in [0.25, 0.3) is 11.2 Å². The van der Waals surface area contributed by atoms with Gasteiger partial charge in [0.15, 0.2) is 5.65 Å². The van der Waals surface area contributed by atoms with Crippen molar-refractivity contribution < 1.29 is 0 Å². The molecule has 1 saturated carbocycles. The molecule has 8 heteroatoms. The number of hydrogen-bond acceptors (Lipinski definition) is 7. The van der Waals surface area contributed by atoms with E-state index in [0.717, 1.165) is 61.9 Å². The van der Waals surface area contributed by atoms with Crippen molar-refractivity contribution in [3.8, 4) is 0 Å². The van der Waals surface area contributed by atoms with E-state index in [9.17, 15) is 0 Å². The first-order chi connectivity index (χ1) is 17.7. The van der Waals surface area contributed by atoms with Crippen molar-refractivity contribution in [3.63, 3.8) is 0 Å². The molecule has 0 radical (unpaired) electrons. The highest BCUT2D eigenvalue weighted by molar-refractivity contribution is 5.76. The molecule has 3 aliphatic rings. The highest BCUT2D eigenvalue weighted by Gasteiger charge is 2.24. The van der Waals surface area contributed by atoms with Gasteiger partial charge in [0.25, 0.3) is 0 Å². The van der Waals surface area contributed by atoms with Gasteiger partial charge in [0, 0.05) is 50.1 Å². The third-order valence-corrected chi connectivity index (χ3v) is 7.71. The molecule has 1 aromatic carbocycles. The average molecular weight is 485 g/mol. The number of benzene rings is 1. The monoisotopic (exact) mass is 484 g/mol. The van der Waals surface area contributed by atoms with Gasteiger partial charge >= 0.3 is 0 Å². The van der Waals surface area contributed by atoms with Crippen molar-refractivity contribution >= 4 is 34.4 Å². The molecule has 0 spiro atoms. The van der Waals surface area contributed by atoms with Crippen LogP contribution in [-0.2, 0) is 0 Å². The summed E-state index contributed by atoms with van der Waals surface area (Å²) in [5.41, 5.74) is 4.02. The normalized spacial score (nSPS) is 20.9. The zero-order valence-electron chi connectivity index (χ0n) is 21.1. The second-order valence-corrected chi connectivity index (χ2v) is 10.3. The molecule has 8 nitrogen and oxygen atoms in total. The number of fused-ring (bicyclic) bond motifs is 1. The first-order valence-corrected chi connectivity index (χ1v) is 13.4. The standard InChI is InChI=1S/C28H36N8/c1-34-15-17-35(18-16-34)23-13-11-22(12-14-23)31-27-29-20-25-26(33-27)36(24-9-5-6-10-24)28(32-25)30-19-21-7-3-2-4-8-21/h2-4,7,11-14,20-21,24H,5-6,8-10,15-19H2,1H3,(H,30,32)(H,29,31,33). The zero-order chi connectivity index (χ0) is 24.3. The minimum Gasteiger partial charge on any atom is -0.369 e. The Balaban J connectivity index is 1.21. The van der Waals surface area contributed by atoms with Crippen molar-refractivity contribution in [2.24, 2.45) is 5.92 Å². The van der Waals surface area contributed by atoms with Gasteiger partial charge in [0.2, 0.25) is 11.9 Å². The highest BCUT2D eigenvalue weighted by Crippen LogP contribution is 2.35. The molecule has 0 bridgehead atoms. The van der Waals surface area contributed by atoms with Crippen LogP contribution in [0.1, 0.15) is 38.1 Å². The fraction of sp³-hybridized carbons (Fsp3) is 0.464. The van der Waals surface area contributed by atoms with Crippen LogP contribution in [0.15, 0.2) is 54.8 Å². The number of aromatic nitrogens is 4. The number of rotatable bonds is 7. The summed E-state index contributed by atoms with van der Waals surface area (Å²) in [6.07, 6.45) is 16.5.